The zero-order valence-electron chi connectivity index (χ0n) is 25.7. The van der Waals surface area contributed by atoms with Gasteiger partial charge in [-0.25, -0.2) is 19.2 Å². The third kappa shape index (κ3) is 6.62. The number of ether oxygens (including phenoxy) is 4. The van der Waals surface area contributed by atoms with E-state index in [-0.39, 0.29) is 30.3 Å². The van der Waals surface area contributed by atoms with Gasteiger partial charge < -0.3 is 23.5 Å². The average Bonchev–Trinajstić information content (AvgIpc) is 3.36. The molecule has 1 aliphatic carbocycles. The van der Waals surface area contributed by atoms with Crippen molar-refractivity contribution in [2.75, 3.05) is 27.3 Å². The van der Waals surface area contributed by atoms with E-state index in [1.54, 1.807) is 31.4 Å². The Bertz CT molecular complexity index is 1740. The molecule has 234 valence electrons. The van der Waals surface area contributed by atoms with Gasteiger partial charge in [0.1, 0.15) is 35.6 Å². The molecule has 1 aliphatic heterocycles. The van der Waals surface area contributed by atoms with Crippen LogP contribution in [0.15, 0.2) is 48.5 Å². The summed E-state index contributed by atoms with van der Waals surface area (Å²) in [7, 11) is 5.04. The molecule has 2 aromatic carbocycles. The molecule has 0 bridgehead atoms. The molecular formula is C34H36FN5O5. The van der Waals surface area contributed by atoms with Gasteiger partial charge in [0.25, 0.3) is 0 Å². The van der Waals surface area contributed by atoms with Gasteiger partial charge in [-0.3, -0.25) is 4.90 Å². The van der Waals surface area contributed by atoms with Crippen molar-refractivity contribution in [1.29, 1.82) is 5.26 Å². The summed E-state index contributed by atoms with van der Waals surface area (Å²) < 4.78 is 38.8. The number of nitriles is 1. The van der Waals surface area contributed by atoms with Crippen LogP contribution in [0.2, 0.25) is 0 Å². The van der Waals surface area contributed by atoms with Crippen molar-refractivity contribution in [3.63, 3.8) is 0 Å². The summed E-state index contributed by atoms with van der Waals surface area (Å²) in [5.41, 5.74) is 3.59. The molecule has 45 heavy (non-hydrogen) atoms. The summed E-state index contributed by atoms with van der Waals surface area (Å²) in [6.07, 6.45) is 3.66. The molecule has 11 heteroatoms. The van der Waals surface area contributed by atoms with E-state index in [0.717, 1.165) is 61.3 Å². The zero-order chi connectivity index (χ0) is 31.5. The molecule has 0 atom stereocenters. The van der Waals surface area contributed by atoms with Crippen LogP contribution in [0.1, 0.15) is 64.6 Å². The number of likely N-dealkylation sites (tertiary alicyclic amines) is 1. The van der Waals surface area contributed by atoms with E-state index in [0.29, 0.717) is 29.3 Å². The molecule has 1 saturated heterocycles. The largest absolute Gasteiger partial charge is 0.488 e. The van der Waals surface area contributed by atoms with Crippen LogP contribution >= 0.6 is 0 Å². The normalized spacial score (nSPS) is 18.7. The maximum atomic E-state index is 14.3. The van der Waals surface area contributed by atoms with E-state index in [1.807, 2.05) is 35.9 Å². The Labute approximate surface area is 261 Å². The van der Waals surface area contributed by atoms with Gasteiger partial charge in [0.05, 0.1) is 42.5 Å². The first-order chi connectivity index (χ1) is 21.8. The summed E-state index contributed by atoms with van der Waals surface area (Å²) in [6.45, 7) is 2.43. The van der Waals surface area contributed by atoms with Crippen LogP contribution in [0.5, 0.6) is 11.6 Å². The minimum absolute atomic E-state index is 0.0187. The molecule has 0 amide bonds. The minimum Gasteiger partial charge on any atom is -0.488 e. The quantitative estimate of drug-likeness (QED) is 0.221. The number of rotatable bonds is 10. The van der Waals surface area contributed by atoms with E-state index < -0.39 is 11.8 Å². The Morgan fingerprint density at radius 3 is 2.58 bits per heavy atom. The Balaban J connectivity index is 1.10. The third-order valence-electron chi connectivity index (χ3n) is 8.82. The standard InChI is InChI=1S/C34H36FN5O5/c1-39-29-14-24(34(41)43-3)15-30(45-26-16-25(17-26)42-2)33(29)38-31(39)19-40-11-9-22(10-12-40)28-5-4-6-32(37-28)44-20-23-8-7-21(18-36)13-27(23)35/h4-8,13-15,22,25-26H,9-12,16-17,19-20H2,1-3H3. The fourth-order valence-corrected chi connectivity index (χ4v) is 5.97. The van der Waals surface area contributed by atoms with E-state index >= 15 is 0 Å². The number of benzene rings is 2. The number of fused-ring (bicyclic) bond motifs is 1. The molecule has 0 N–H and O–H groups in total. The fraction of sp³-hybridized carbons (Fsp3) is 0.412. The Hall–Kier alpha value is -4.53. The van der Waals surface area contributed by atoms with E-state index in [1.165, 1.54) is 13.2 Å². The second-order valence-corrected chi connectivity index (χ2v) is 11.6. The van der Waals surface area contributed by atoms with Crippen LogP contribution in [0.4, 0.5) is 4.39 Å². The highest BCUT2D eigenvalue weighted by Gasteiger charge is 2.32. The zero-order valence-corrected chi connectivity index (χ0v) is 25.7. The van der Waals surface area contributed by atoms with Gasteiger partial charge in [0.2, 0.25) is 5.88 Å². The third-order valence-corrected chi connectivity index (χ3v) is 8.82. The van der Waals surface area contributed by atoms with Crippen molar-refractivity contribution in [2.24, 2.45) is 7.05 Å². The van der Waals surface area contributed by atoms with Crippen LogP contribution in [0.25, 0.3) is 11.0 Å². The Morgan fingerprint density at radius 2 is 1.87 bits per heavy atom. The van der Waals surface area contributed by atoms with Crippen LogP contribution < -0.4 is 9.47 Å². The summed E-state index contributed by atoms with van der Waals surface area (Å²) in [5.74, 6) is 1.31. The van der Waals surface area contributed by atoms with Crippen molar-refractivity contribution in [2.45, 2.75) is 57.0 Å². The van der Waals surface area contributed by atoms with Gasteiger partial charge in [-0.05, 0) is 56.3 Å². The maximum absolute atomic E-state index is 14.3. The number of carbonyl (C=O) groups excluding carboxylic acids is 1. The predicted octanol–water partition coefficient (Wildman–Crippen LogP) is 5.28. The van der Waals surface area contributed by atoms with Crippen LogP contribution in [0, 0.1) is 17.1 Å². The second kappa shape index (κ2) is 13.2. The molecule has 0 spiro atoms. The monoisotopic (exact) mass is 613 g/mol. The topological polar surface area (TPSA) is 112 Å². The lowest BCUT2D eigenvalue weighted by molar-refractivity contribution is -0.0376. The molecule has 2 aromatic heterocycles. The highest BCUT2D eigenvalue weighted by molar-refractivity contribution is 5.96. The van der Waals surface area contributed by atoms with E-state index in [2.05, 4.69) is 4.90 Å². The van der Waals surface area contributed by atoms with E-state index in [4.69, 9.17) is 34.2 Å². The van der Waals surface area contributed by atoms with E-state index in [9.17, 15) is 9.18 Å². The number of methoxy groups -OCH3 is 2. The number of hydrogen-bond acceptors (Lipinski definition) is 9. The second-order valence-electron chi connectivity index (χ2n) is 11.6. The van der Waals surface area contributed by atoms with Crippen LogP contribution in [0.3, 0.4) is 0 Å². The smallest absolute Gasteiger partial charge is 0.338 e. The van der Waals surface area contributed by atoms with Crippen molar-refractivity contribution < 1.29 is 28.1 Å². The number of esters is 1. The van der Waals surface area contributed by atoms with Gasteiger partial charge in [0.15, 0.2) is 0 Å². The predicted molar refractivity (Wildman–Crippen MR) is 163 cm³/mol. The van der Waals surface area contributed by atoms with Gasteiger partial charge in [-0.1, -0.05) is 12.1 Å². The SMILES string of the molecule is COC(=O)c1cc(OC2CC(OC)C2)c2nc(CN3CCC(c4cccc(OCc5ccc(C#N)cc5F)n4)CC3)n(C)c2c1. The fourth-order valence-electron chi connectivity index (χ4n) is 5.97. The number of halogens is 1. The number of hydrogen-bond donors (Lipinski definition) is 0. The maximum Gasteiger partial charge on any atom is 0.338 e. The first-order valence-electron chi connectivity index (χ1n) is 15.1. The van der Waals surface area contributed by atoms with Crippen molar-refractivity contribution in [1.82, 2.24) is 19.4 Å². The molecule has 2 aliphatic rings. The molecule has 3 heterocycles. The summed E-state index contributed by atoms with van der Waals surface area (Å²) in [6, 6.07) is 15.5. The Morgan fingerprint density at radius 1 is 1.07 bits per heavy atom. The number of carbonyl (C=O) groups is 1. The van der Waals surface area contributed by atoms with Gasteiger partial charge in [0, 0.05) is 50.2 Å². The van der Waals surface area contributed by atoms with Gasteiger partial charge in [-0.15, -0.1) is 0 Å². The van der Waals surface area contributed by atoms with Crippen molar-refractivity contribution in [3.05, 3.63) is 82.6 Å². The summed E-state index contributed by atoms with van der Waals surface area (Å²) in [5, 5.41) is 8.95. The number of piperidine rings is 1. The number of pyridine rings is 1. The Kier molecular flexibility index (Phi) is 8.96. The van der Waals surface area contributed by atoms with Crippen molar-refractivity contribution >= 4 is 17.0 Å². The number of nitrogens with zero attached hydrogens (tertiary/aromatic N) is 5. The van der Waals surface area contributed by atoms with Crippen LogP contribution in [-0.2, 0) is 29.7 Å². The number of aromatic nitrogens is 3. The van der Waals surface area contributed by atoms with Crippen molar-refractivity contribution in [3.8, 4) is 17.7 Å². The molecule has 2 fully saturated rings. The first kappa shape index (κ1) is 30.5. The first-order valence-corrected chi connectivity index (χ1v) is 15.1. The number of aryl methyl sites for hydroxylation is 1. The average molecular weight is 614 g/mol. The van der Waals surface area contributed by atoms with Gasteiger partial charge in [-0.2, -0.15) is 5.26 Å². The lowest BCUT2D eigenvalue weighted by Crippen LogP contribution is -2.38. The lowest BCUT2D eigenvalue weighted by atomic mass is 9.92. The molecule has 1 saturated carbocycles. The van der Waals surface area contributed by atoms with Crippen LogP contribution in [-0.4, -0.2) is 64.9 Å². The number of imidazole rings is 1. The molecule has 10 nitrogen and oxygen atoms in total. The highest BCUT2D eigenvalue weighted by Crippen LogP contribution is 2.34. The molecule has 0 unspecified atom stereocenters. The molecule has 0 radical (unpaired) electrons. The summed E-state index contributed by atoms with van der Waals surface area (Å²) in [4.78, 5) is 24.5. The highest BCUT2D eigenvalue weighted by atomic mass is 19.1. The molecular weight excluding hydrogens is 577 g/mol. The minimum atomic E-state index is -0.468. The molecule has 4 aromatic rings. The molecule has 6 rings (SSSR count). The lowest BCUT2D eigenvalue weighted by Gasteiger charge is -2.34. The van der Waals surface area contributed by atoms with Gasteiger partial charge >= 0.3 is 5.97 Å². The summed E-state index contributed by atoms with van der Waals surface area (Å²) >= 11 is 0.